The molecule has 0 amide bonds. The highest BCUT2D eigenvalue weighted by atomic mass is 19.3. The van der Waals surface area contributed by atoms with Gasteiger partial charge in [-0.1, -0.05) is 24.6 Å². The molecule has 0 heterocycles. The van der Waals surface area contributed by atoms with Crippen LogP contribution in [0.2, 0.25) is 0 Å². The average molecular weight is 229 g/mol. The van der Waals surface area contributed by atoms with Gasteiger partial charge in [0.25, 0.3) is 6.43 Å². The average Bonchev–Trinajstić information content (AvgIpc) is 2.24. The largest absolute Gasteiger partial charge is 0.487 e. The first-order valence-electron chi connectivity index (χ1n) is 5.34. The van der Waals surface area contributed by atoms with E-state index in [1.165, 1.54) is 0 Å². The first-order valence-corrected chi connectivity index (χ1v) is 5.34. The summed E-state index contributed by atoms with van der Waals surface area (Å²) in [6, 6.07) is 5.55. The minimum atomic E-state index is -2.44. The molecular weight excluding hydrogens is 212 g/mol. The molecular formula is C12H17F2NO. The fourth-order valence-corrected chi connectivity index (χ4v) is 1.40. The number of nitrogens with one attached hydrogen (secondary N) is 1. The van der Waals surface area contributed by atoms with Crippen LogP contribution >= 0.6 is 0 Å². The van der Waals surface area contributed by atoms with Gasteiger partial charge in [-0.3, -0.25) is 0 Å². The summed E-state index contributed by atoms with van der Waals surface area (Å²) in [5.41, 5.74) is 2.01. The zero-order valence-electron chi connectivity index (χ0n) is 9.59. The number of hydrogen-bond acceptors (Lipinski definition) is 2. The molecule has 0 unspecified atom stereocenters. The first kappa shape index (κ1) is 12.9. The number of alkyl halides is 2. The highest BCUT2D eigenvalue weighted by Crippen LogP contribution is 2.20. The third-order valence-corrected chi connectivity index (χ3v) is 2.15. The van der Waals surface area contributed by atoms with Gasteiger partial charge in [-0.15, -0.1) is 0 Å². The summed E-state index contributed by atoms with van der Waals surface area (Å²) in [7, 11) is 0. The lowest BCUT2D eigenvalue weighted by atomic mass is 10.1. The Balaban J connectivity index is 2.72. The van der Waals surface area contributed by atoms with Crippen molar-refractivity contribution in [2.24, 2.45) is 0 Å². The summed E-state index contributed by atoms with van der Waals surface area (Å²) in [6.45, 7) is 4.88. The Labute approximate surface area is 94.6 Å². The van der Waals surface area contributed by atoms with Gasteiger partial charge >= 0.3 is 0 Å². The SMILES string of the molecule is CCNCc1cc(C)ccc1OCC(F)F. The predicted molar refractivity (Wildman–Crippen MR) is 60.1 cm³/mol. The molecule has 2 nitrogen and oxygen atoms in total. The first-order chi connectivity index (χ1) is 7.63. The van der Waals surface area contributed by atoms with Crippen LogP contribution in [0.5, 0.6) is 5.75 Å². The summed E-state index contributed by atoms with van der Waals surface area (Å²) in [6.07, 6.45) is -2.44. The van der Waals surface area contributed by atoms with Crippen LogP contribution < -0.4 is 10.1 Å². The van der Waals surface area contributed by atoms with E-state index < -0.39 is 13.0 Å². The molecule has 1 aromatic rings. The quantitative estimate of drug-likeness (QED) is 0.809. The van der Waals surface area contributed by atoms with Crippen LogP contribution in [0.15, 0.2) is 18.2 Å². The second-order valence-corrected chi connectivity index (χ2v) is 3.59. The zero-order valence-corrected chi connectivity index (χ0v) is 9.59. The molecule has 1 rings (SSSR count). The van der Waals surface area contributed by atoms with Crippen LogP contribution in [0.4, 0.5) is 8.78 Å². The maximum absolute atomic E-state index is 12.0. The van der Waals surface area contributed by atoms with Gasteiger partial charge in [0.1, 0.15) is 12.4 Å². The Bertz CT molecular complexity index is 329. The summed E-state index contributed by atoms with van der Waals surface area (Å²) in [4.78, 5) is 0. The van der Waals surface area contributed by atoms with Crippen LogP contribution in [0.1, 0.15) is 18.1 Å². The van der Waals surface area contributed by atoms with Crippen molar-refractivity contribution in [2.75, 3.05) is 13.2 Å². The maximum atomic E-state index is 12.0. The fourth-order valence-electron chi connectivity index (χ4n) is 1.40. The number of aryl methyl sites for hydroxylation is 1. The third-order valence-electron chi connectivity index (χ3n) is 2.15. The van der Waals surface area contributed by atoms with Gasteiger partial charge in [-0.05, 0) is 19.5 Å². The molecule has 0 bridgehead atoms. The molecule has 0 aromatic heterocycles. The Kier molecular flexibility index (Phi) is 5.19. The molecule has 0 spiro atoms. The van der Waals surface area contributed by atoms with Crippen LogP contribution in [-0.2, 0) is 6.54 Å². The third kappa shape index (κ3) is 4.14. The Hall–Kier alpha value is -1.16. The lowest BCUT2D eigenvalue weighted by Gasteiger charge is -2.12. The number of hydrogen-bond donors (Lipinski definition) is 1. The molecule has 1 N–H and O–H groups in total. The van der Waals surface area contributed by atoms with E-state index in [0.717, 1.165) is 17.7 Å². The van der Waals surface area contributed by atoms with Gasteiger partial charge in [0.05, 0.1) is 0 Å². The normalized spacial score (nSPS) is 10.8. The molecule has 0 atom stereocenters. The van der Waals surface area contributed by atoms with Gasteiger partial charge in [0.2, 0.25) is 0 Å². The minimum absolute atomic E-state index is 0.534. The van der Waals surface area contributed by atoms with E-state index in [2.05, 4.69) is 5.32 Å². The molecule has 1 aromatic carbocycles. The number of benzene rings is 1. The second kappa shape index (κ2) is 6.43. The predicted octanol–water partition coefficient (Wildman–Crippen LogP) is 2.75. The molecule has 0 saturated heterocycles. The molecule has 0 aliphatic heterocycles. The van der Waals surface area contributed by atoms with E-state index in [9.17, 15) is 8.78 Å². The van der Waals surface area contributed by atoms with E-state index in [4.69, 9.17) is 4.74 Å². The lowest BCUT2D eigenvalue weighted by molar-refractivity contribution is 0.0813. The van der Waals surface area contributed by atoms with Crippen molar-refractivity contribution < 1.29 is 13.5 Å². The minimum Gasteiger partial charge on any atom is -0.487 e. The van der Waals surface area contributed by atoms with E-state index in [1.807, 2.05) is 26.0 Å². The van der Waals surface area contributed by atoms with E-state index in [-0.39, 0.29) is 0 Å². The van der Waals surface area contributed by atoms with E-state index >= 15 is 0 Å². The number of halogens is 2. The Morgan fingerprint density at radius 3 is 2.75 bits per heavy atom. The summed E-state index contributed by atoms with van der Waals surface area (Å²) in [5.74, 6) is 0.534. The van der Waals surface area contributed by atoms with E-state index in [1.54, 1.807) is 6.07 Å². The zero-order chi connectivity index (χ0) is 12.0. The Morgan fingerprint density at radius 1 is 1.38 bits per heavy atom. The molecule has 0 aliphatic carbocycles. The summed E-state index contributed by atoms with van der Waals surface area (Å²) >= 11 is 0. The smallest absolute Gasteiger partial charge is 0.272 e. The molecule has 0 aliphatic rings. The number of ether oxygens (including phenoxy) is 1. The standard InChI is InChI=1S/C12H17F2NO/c1-3-15-7-10-6-9(2)4-5-11(10)16-8-12(13)14/h4-6,12,15H,3,7-8H2,1-2H3. The molecule has 0 saturated carbocycles. The van der Waals surface area contributed by atoms with Crippen LogP contribution in [0.3, 0.4) is 0 Å². The van der Waals surface area contributed by atoms with Crippen molar-refractivity contribution in [3.05, 3.63) is 29.3 Å². The second-order valence-electron chi connectivity index (χ2n) is 3.59. The summed E-state index contributed by atoms with van der Waals surface area (Å²) < 4.78 is 29.1. The maximum Gasteiger partial charge on any atom is 0.272 e. The summed E-state index contributed by atoms with van der Waals surface area (Å²) in [5, 5.41) is 3.15. The van der Waals surface area contributed by atoms with Gasteiger partial charge in [0, 0.05) is 12.1 Å². The van der Waals surface area contributed by atoms with Crippen molar-refractivity contribution in [1.82, 2.24) is 5.32 Å². The fraction of sp³-hybridized carbons (Fsp3) is 0.500. The van der Waals surface area contributed by atoms with Crippen LogP contribution in [0.25, 0.3) is 0 Å². The molecule has 16 heavy (non-hydrogen) atoms. The molecule has 90 valence electrons. The topological polar surface area (TPSA) is 21.3 Å². The Morgan fingerprint density at radius 2 is 2.12 bits per heavy atom. The van der Waals surface area contributed by atoms with Gasteiger partial charge in [-0.25, -0.2) is 8.78 Å². The monoisotopic (exact) mass is 229 g/mol. The van der Waals surface area contributed by atoms with E-state index in [0.29, 0.717) is 12.3 Å². The van der Waals surface area contributed by atoms with Crippen molar-refractivity contribution in [2.45, 2.75) is 26.8 Å². The molecule has 0 fully saturated rings. The van der Waals surface area contributed by atoms with Crippen molar-refractivity contribution in [3.63, 3.8) is 0 Å². The molecule has 4 heteroatoms. The highest BCUT2D eigenvalue weighted by molar-refractivity contribution is 5.36. The molecule has 0 radical (unpaired) electrons. The van der Waals surface area contributed by atoms with Crippen molar-refractivity contribution >= 4 is 0 Å². The number of rotatable bonds is 6. The lowest BCUT2D eigenvalue weighted by Crippen LogP contribution is -2.14. The van der Waals surface area contributed by atoms with Crippen molar-refractivity contribution in [1.29, 1.82) is 0 Å². The van der Waals surface area contributed by atoms with Crippen LogP contribution in [-0.4, -0.2) is 19.6 Å². The van der Waals surface area contributed by atoms with Gasteiger partial charge < -0.3 is 10.1 Å². The van der Waals surface area contributed by atoms with Gasteiger partial charge in [0.15, 0.2) is 0 Å². The van der Waals surface area contributed by atoms with Crippen molar-refractivity contribution in [3.8, 4) is 5.75 Å². The highest BCUT2D eigenvalue weighted by Gasteiger charge is 2.07. The van der Waals surface area contributed by atoms with Gasteiger partial charge in [-0.2, -0.15) is 0 Å². The van der Waals surface area contributed by atoms with Crippen LogP contribution in [0, 0.1) is 6.92 Å².